The Labute approximate surface area is 216 Å². The Balaban J connectivity index is 1.99. The van der Waals surface area contributed by atoms with Gasteiger partial charge in [-0.3, -0.25) is 14.4 Å². The third kappa shape index (κ3) is 3.94. The Morgan fingerprint density at radius 3 is 2.32 bits per heavy atom. The number of anilines is 1. The second kappa shape index (κ2) is 9.40. The highest BCUT2D eigenvalue weighted by molar-refractivity contribution is 7.89. The monoisotopic (exact) mass is 526 g/mol. The molecular formula is C26H30N4O6S. The molecule has 1 N–H and O–H groups in total. The van der Waals surface area contributed by atoms with Gasteiger partial charge in [0.1, 0.15) is 5.76 Å². The fourth-order valence-electron chi connectivity index (χ4n) is 4.98. The second-order valence-corrected chi connectivity index (χ2v) is 11.7. The third-order valence-corrected chi connectivity index (χ3v) is 8.62. The van der Waals surface area contributed by atoms with Crippen LogP contribution in [0.3, 0.4) is 0 Å². The van der Waals surface area contributed by atoms with Crippen molar-refractivity contribution in [2.24, 2.45) is 0 Å². The molecule has 2 aromatic carbocycles. The number of Topliss-reactive ketones (excluding diaryl/α,β-unsaturated/α-hetero) is 1. The maximum atomic E-state index is 14.0. The van der Waals surface area contributed by atoms with Crippen LogP contribution in [0.1, 0.15) is 17.5 Å². The number of hydrogen-bond acceptors (Lipinski definition) is 7. The standard InChI is InChI=1S/C26H30N4O6S/c1-27(2)14-9-15-30-24(33)23(32)21(26(30)19-12-6-7-13-20(19)29(5)25(26)34)22(31)17-10-8-11-18(16-17)37(35,36)28(3)4/h6-8,10-13,16,31H,9,14-15H2,1-5H3/t26-/m0/s1. The lowest BCUT2D eigenvalue weighted by atomic mass is 9.82. The molecule has 2 aliphatic heterocycles. The molecule has 10 nitrogen and oxygen atoms in total. The highest BCUT2D eigenvalue weighted by Gasteiger charge is 2.66. The van der Waals surface area contributed by atoms with Crippen molar-refractivity contribution in [2.45, 2.75) is 16.9 Å². The van der Waals surface area contributed by atoms with Gasteiger partial charge in [-0.1, -0.05) is 30.3 Å². The normalized spacial score (nSPS) is 21.1. The maximum absolute atomic E-state index is 14.0. The highest BCUT2D eigenvalue weighted by atomic mass is 32.2. The van der Waals surface area contributed by atoms with Gasteiger partial charge in [-0.25, -0.2) is 12.7 Å². The van der Waals surface area contributed by atoms with Gasteiger partial charge in [0.25, 0.3) is 17.6 Å². The summed E-state index contributed by atoms with van der Waals surface area (Å²) in [5.74, 6) is -3.04. The van der Waals surface area contributed by atoms with E-state index in [1.807, 2.05) is 19.0 Å². The predicted molar refractivity (Wildman–Crippen MR) is 138 cm³/mol. The van der Waals surface area contributed by atoms with Crippen LogP contribution in [-0.4, -0.2) is 93.6 Å². The summed E-state index contributed by atoms with van der Waals surface area (Å²) in [5, 5.41) is 11.5. The van der Waals surface area contributed by atoms with Crippen LogP contribution in [0.4, 0.5) is 5.69 Å². The highest BCUT2D eigenvalue weighted by Crippen LogP contribution is 2.53. The molecule has 1 saturated heterocycles. The molecule has 0 aromatic heterocycles. The van der Waals surface area contributed by atoms with E-state index in [-0.39, 0.29) is 22.6 Å². The molecule has 1 fully saturated rings. The zero-order valence-electron chi connectivity index (χ0n) is 21.4. The summed E-state index contributed by atoms with van der Waals surface area (Å²) in [5.41, 5.74) is -1.31. The molecule has 1 atom stereocenters. The Kier molecular flexibility index (Phi) is 6.74. The van der Waals surface area contributed by atoms with E-state index in [0.717, 1.165) is 4.31 Å². The summed E-state index contributed by atoms with van der Waals surface area (Å²) in [7, 11) is 4.22. The number of benzene rings is 2. The number of para-hydroxylation sites is 1. The van der Waals surface area contributed by atoms with Crippen molar-refractivity contribution in [2.75, 3.05) is 53.2 Å². The van der Waals surface area contributed by atoms with Crippen molar-refractivity contribution in [3.63, 3.8) is 0 Å². The number of aliphatic hydroxyl groups excluding tert-OH is 1. The Morgan fingerprint density at radius 1 is 1.00 bits per heavy atom. The van der Waals surface area contributed by atoms with Crippen LogP contribution in [0.2, 0.25) is 0 Å². The summed E-state index contributed by atoms with van der Waals surface area (Å²) in [6.45, 7) is 0.706. The number of aliphatic hydroxyl groups is 1. The number of likely N-dealkylation sites (N-methyl/N-ethyl adjacent to an activating group) is 1. The van der Waals surface area contributed by atoms with Gasteiger partial charge in [0.2, 0.25) is 10.0 Å². The molecule has 4 rings (SSSR count). The number of sulfonamides is 1. The molecule has 0 radical (unpaired) electrons. The van der Waals surface area contributed by atoms with Crippen LogP contribution >= 0.6 is 0 Å². The summed E-state index contributed by atoms with van der Waals surface area (Å²) >= 11 is 0. The first-order valence-electron chi connectivity index (χ1n) is 11.7. The van der Waals surface area contributed by atoms with E-state index < -0.39 is 38.9 Å². The molecule has 0 saturated carbocycles. The Morgan fingerprint density at radius 2 is 1.68 bits per heavy atom. The molecule has 2 aliphatic rings. The van der Waals surface area contributed by atoms with Crippen LogP contribution in [0, 0.1) is 0 Å². The topological polar surface area (TPSA) is 119 Å². The Hall–Kier alpha value is -3.54. The molecular weight excluding hydrogens is 496 g/mol. The van der Waals surface area contributed by atoms with Gasteiger partial charge in [0.05, 0.1) is 10.5 Å². The zero-order chi connectivity index (χ0) is 27.3. The minimum absolute atomic E-state index is 0.00780. The minimum atomic E-state index is -3.85. The van der Waals surface area contributed by atoms with Crippen molar-refractivity contribution in [3.05, 3.63) is 65.2 Å². The van der Waals surface area contributed by atoms with E-state index >= 15 is 0 Å². The van der Waals surface area contributed by atoms with Crippen molar-refractivity contribution in [1.29, 1.82) is 0 Å². The van der Waals surface area contributed by atoms with Crippen LogP contribution < -0.4 is 4.90 Å². The van der Waals surface area contributed by atoms with E-state index in [2.05, 4.69) is 0 Å². The fourth-order valence-corrected chi connectivity index (χ4v) is 5.92. The van der Waals surface area contributed by atoms with Crippen LogP contribution in [-0.2, 0) is 29.9 Å². The van der Waals surface area contributed by atoms with E-state index in [9.17, 15) is 27.9 Å². The lowest BCUT2D eigenvalue weighted by Crippen LogP contribution is -2.51. The van der Waals surface area contributed by atoms with Gasteiger partial charge >= 0.3 is 0 Å². The molecule has 0 unspecified atom stereocenters. The minimum Gasteiger partial charge on any atom is -0.507 e. The molecule has 37 heavy (non-hydrogen) atoms. The van der Waals surface area contributed by atoms with E-state index in [1.165, 1.54) is 48.2 Å². The molecule has 2 amide bonds. The first-order valence-corrected chi connectivity index (χ1v) is 13.2. The summed E-state index contributed by atoms with van der Waals surface area (Å²) in [6.07, 6.45) is 0.484. The average molecular weight is 527 g/mol. The van der Waals surface area contributed by atoms with Crippen molar-refractivity contribution in [3.8, 4) is 0 Å². The molecule has 1 spiro atoms. The lowest BCUT2D eigenvalue weighted by Gasteiger charge is -2.34. The molecule has 0 bridgehead atoms. The number of fused-ring (bicyclic) bond motifs is 2. The van der Waals surface area contributed by atoms with Gasteiger partial charge in [-0.2, -0.15) is 0 Å². The van der Waals surface area contributed by atoms with Gasteiger partial charge in [-0.05, 0) is 45.3 Å². The van der Waals surface area contributed by atoms with Crippen LogP contribution in [0.25, 0.3) is 5.76 Å². The third-order valence-electron chi connectivity index (χ3n) is 6.81. The van der Waals surface area contributed by atoms with Gasteiger partial charge in [0.15, 0.2) is 5.54 Å². The van der Waals surface area contributed by atoms with E-state index in [4.69, 9.17) is 0 Å². The SMILES string of the molecule is CN(C)CCCN1C(=O)C(=O)C(=C(O)c2cccc(S(=O)(=O)N(C)C)c2)[C@@]12C(=O)N(C)c1ccccc12. The summed E-state index contributed by atoms with van der Waals surface area (Å²) < 4.78 is 26.5. The molecule has 196 valence electrons. The number of carbonyl (C=O) groups excluding carboxylic acids is 3. The molecule has 2 heterocycles. The van der Waals surface area contributed by atoms with Crippen molar-refractivity contribution < 1.29 is 27.9 Å². The zero-order valence-corrected chi connectivity index (χ0v) is 22.2. The largest absolute Gasteiger partial charge is 0.507 e. The number of rotatable bonds is 7. The average Bonchev–Trinajstić information content (AvgIpc) is 3.22. The number of carbonyl (C=O) groups is 3. The number of likely N-dealkylation sites (tertiary alicyclic amines) is 1. The smallest absolute Gasteiger partial charge is 0.296 e. The Bertz CT molecular complexity index is 1430. The first-order chi connectivity index (χ1) is 17.4. The van der Waals surface area contributed by atoms with Crippen molar-refractivity contribution >= 4 is 39.1 Å². The predicted octanol–water partition coefficient (Wildman–Crippen LogP) is 1.44. The summed E-state index contributed by atoms with van der Waals surface area (Å²) in [4.78, 5) is 45.3. The number of amides is 2. The quantitative estimate of drug-likeness (QED) is 0.330. The number of ketones is 1. The first kappa shape index (κ1) is 26.5. The number of nitrogens with zero attached hydrogens (tertiary/aromatic N) is 4. The van der Waals surface area contributed by atoms with E-state index in [0.29, 0.717) is 24.2 Å². The fraction of sp³-hybridized carbons (Fsp3) is 0.346. The number of hydrogen-bond donors (Lipinski definition) is 1. The van der Waals surface area contributed by atoms with E-state index in [1.54, 1.807) is 31.3 Å². The van der Waals surface area contributed by atoms with Crippen LogP contribution in [0.15, 0.2) is 59.0 Å². The lowest BCUT2D eigenvalue weighted by molar-refractivity contribution is -0.143. The molecule has 11 heteroatoms. The summed E-state index contributed by atoms with van der Waals surface area (Å²) in [6, 6.07) is 12.3. The maximum Gasteiger partial charge on any atom is 0.296 e. The van der Waals surface area contributed by atoms with Crippen molar-refractivity contribution in [1.82, 2.24) is 14.1 Å². The molecule has 2 aromatic rings. The van der Waals surface area contributed by atoms with Gasteiger partial charge < -0.3 is 19.8 Å². The van der Waals surface area contributed by atoms with Gasteiger partial charge in [-0.15, -0.1) is 0 Å². The molecule has 0 aliphatic carbocycles. The van der Waals surface area contributed by atoms with Gasteiger partial charge in [0, 0.05) is 44.5 Å². The van der Waals surface area contributed by atoms with Crippen LogP contribution in [0.5, 0.6) is 0 Å². The second-order valence-electron chi connectivity index (χ2n) is 9.57.